The van der Waals surface area contributed by atoms with Crippen LogP contribution in [0.5, 0.6) is 0 Å². The van der Waals surface area contributed by atoms with E-state index in [1.165, 1.54) is 0 Å². The summed E-state index contributed by atoms with van der Waals surface area (Å²) in [5.74, 6) is -2.16. The molecule has 0 N–H and O–H groups in total. The first-order chi connectivity index (χ1) is 11.8. The van der Waals surface area contributed by atoms with Crippen molar-refractivity contribution in [3.63, 3.8) is 0 Å². The maximum absolute atomic E-state index is 14.1. The third-order valence-electron chi connectivity index (χ3n) is 5.09. The molecule has 0 bridgehead atoms. The highest BCUT2D eigenvalue weighted by atomic mass is 32.2. The number of rotatable bonds is 4. The Morgan fingerprint density at radius 2 is 1.84 bits per heavy atom. The lowest BCUT2D eigenvalue weighted by molar-refractivity contribution is -0.144. The molecule has 1 spiro atoms. The van der Waals surface area contributed by atoms with Gasteiger partial charge in [-0.2, -0.15) is 4.31 Å². The zero-order valence-corrected chi connectivity index (χ0v) is 15.0. The van der Waals surface area contributed by atoms with Crippen molar-refractivity contribution < 1.29 is 22.0 Å². The van der Waals surface area contributed by atoms with Gasteiger partial charge in [0.15, 0.2) is 0 Å². The number of halogens is 2. The summed E-state index contributed by atoms with van der Waals surface area (Å²) in [7, 11) is -4.22. The van der Waals surface area contributed by atoms with Crippen LogP contribution in [-0.2, 0) is 14.8 Å². The van der Waals surface area contributed by atoms with E-state index in [4.69, 9.17) is 0 Å². The molecule has 2 aliphatic heterocycles. The minimum Gasteiger partial charge on any atom is -0.341 e. The first-order valence-electron chi connectivity index (χ1n) is 8.60. The standard InChI is InChI=1S/C17H22F2N2O3S/c1-2-9-20-10-3-7-17(16(20)22)8-4-11-21(17)25(23,24)15-6-5-13(18)12-14(15)19/h5-6,12H,2-4,7-11H2,1H3. The third-order valence-corrected chi connectivity index (χ3v) is 7.09. The van der Waals surface area contributed by atoms with Crippen LogP contribution >= 0.6 is 0 Å². The minimum atomic E-state index is -4.22. The van der Waals surface area contributed by atoms with Gasteiger partial charge in [0.05, 0.1) is 0 Å². The number of hydrogen-bond donors (Lipinski definition) is 0. The largest absolute Gasteiger partial charge is 0.341 e. The molecule has 1 aromatic carbocycles. The summed E-state index contributed by atoms with van der Waals surface area (Å²) in [6, 6.07) is 2.41. The first-order valence-corrected chi connectivity index (χ1v) is 10.0. The Morgan fingerprint density at radius 3 is 2.48 bits per heavy atom. The molecule has 1 unspecified atom stereocenters. The van der Waals surface area contributed by atoms with Crippen molar-refractivity contribution in [3.05, 3.63) is 29.8 Å². The van der Waals surface area contributed by atoms with Gasteiger partial charge >= 0.3 is 0 Å². The van der Waals surface area contributed by atoms with Crippen LogP contribution in [0.1, 0.15) is 39.0 Å². The smallest absolute Gasteiger partial charge is 0.246 e. The van der Waals surface area contributed by atoms with Gasteiger partial charge in [0.2, 0.25) is 15.9 Å². The second kappa shape index (κ2) is 6.64. The van der Waals surface area contributed by atoms with Gasteiger partial charge in [-0.05, 0) is 44.2 Å². The van der Waals surface area contributed by atoms with Gasteiger partial charge in [-0.3, -0.25) is 4.79 Å². The molecule has 2 aliphatic rings. The summed E-state index contributed by atoms with van der Waals surface area (Å²) in [6.07, 6.45) is 2.93. The summed E-state index contributed by atoms with van der Waals surface area (Å²) in [5.41, 5.74) is -1.13. The van der Waals surface area contributed by atoms with E-state index in [9.17, 15) is 22.0 Å². The molecule has 0 radical (unpaired) electrons. The Labute approximate surface area is 146 Å². The minimum absolute atomic E-state index is 0.171. The van der Waals surface area contributed by atoms with Crippen LogP contribution < -0.4 is 0 Å². The van der Waals surface area contributed by atoms with Crippen LogP contribution in [0.15, 0.2) is 23.1 Å². The van der Waals surface area contributed by atoms with Gasteiger partial charge < -0.3 is 4.90 Å². The van der Waals surface area contributed by atoms with Crippen LogP contribution in [0, 0.1) is 11.6 Å². The highest BCUT2D eigenvalue weighted by Crippen LogP contribution is 2.42. The van der Waals surface area contributed by atoms with Crippen molar-refractivity contribution in [2.45, 2.75) is 49.5 Å². The SMILES string of the molecule is CCCN1CCCC2(CCCN2S(=O)(=O)c2ccc(F)cc2F)C1=O. The molecule has 0 aliphatic carbocycles. The molecule has 2 saturated heterocycles. The summed E-state index contributed by atoms with van der Waals surface area (Å²) in [6.45, 7) is 3.34. The van der Waals surface area contributed by atoms with Crippen LogP contribution in [-0.4, -0.2) is 48.7 Å². The Balaban J connectivity index is 2.02. The van der Waals surface area contributed by atoms with Gasteiger partial charge in [0, 0.05) is 25.7 Å². The van der Waals surface area contributed by atoms with E-state index in [0.717, 1.165) is 22.9 Å². The molecular weight excluding hydrogens is 350 g/mol. The molecule has 1 aromatic rings. The monoisotopic (exact) mass is 372 g/mol. The number of nitrogens with zero attached hydrogens (tertiary/aromatic N) is 2. The number of sulfonamides is 1. The summed E-state index contributed by atoms with van der Waals surface area (Å²) in [4.78, 5) is 14.2. The van der Waals surface area contributed by atoms with Crippen molar-refractivity contribution in [1.82, 2.24) is 9.21 Å². The van der Waals surface area contributed by atoms with E-state index in [1.807, 2.05) is 6.92 Å². The highest BCUT2D eigenvalue weighted by Gasteiger charge is 2.55. The first kappa shape index (κ1) is 18.3. The topological polar surface area (TPSA) is 57.7 Å². The molecule has 3 rings (SSSR count). The van der Waals surface area contributed by atoms with Gasteiger partial charge in [0.25, 0.3) is 0 Å². The molecule has 0 aromatic heterocycles. The number of carbonyl (C=O) groups is 1. The van der Waals surface area contributed by atoms with Crippen LogP contribution in [0.25, 0.3) is 0 Å². The average molecular weight is 372 g/mol. The molecule has 1 atom stereocenters. The molecule has 25 heavy (non-hydrogen) atoms. The van der Waals surface area contributed by atoms with Gasteiger partial charge in [-0.1, -0.05) is 6.92 Å². The van der Waals surface area contributed by atoms with Crippen LogP contribution in [0.4, 0.5) is 8.78 Å². The summed E-state index contributed by atoms with van der Waals surface area (Å²) < 4.78 is 54.5. The molecule has 138 valence electrons. The van der Waals surface area contributed by atoms with Crippen LogP contribution in [0.2, 0.25) is 0 Å². The second-order valence-electron chi connectivity index (χ2n) is 6.68. The fourth-order valence-electron chi connectivity index (χ4n) is 4.02. The lowest BCUT2D eigenvalue weighted by Gasteiger charge is -2.43. The van der Waals surface area contributed by atoms with Gasteiger partial charge in [0.1, 0.15) is 22.1 Å². The zero-order valence-electron chi connectivity index (χ0n) is 14.2. The van der Waals surface area contributed by atoms with Gasteiger partial charge in [-0.15, -0.1) is 0 Å². The van der Waals surface area contributed by atoms with E-state index in [2.05, 4.69) is 0 Å². The van der Waals surface area contributed by atoms with Crippen LogP contribution in [0.3, 0.4) is 0 Å². The van der Waals surface area contributed by atoms with E-state index in [0.29, 0.717) is 44.8 Å². The van der Waals surface area contributed by atoms with E-state index in [-0.39, 0.29) is 12.5 Å². The predicted molar refractivity (Wildman–Crippen MR) is 88.3 cm³/mol. The Hall–Kier alpha value is -1.54. The van der Waals surface area contributed by atoms with Crippen molar-refractivity contribution in [2.75, 3.05) is 19.6 Å². The summed E-state index contributed by atoms with van der Waals surface area (Å²) in [5, 5.41) is 0. The maximum Gasteiger partial charge on any atom is 0.246 e. The number of piperidine rings is 1. The Kier molecular flexibility index (Phi) is 4.85. The highest BCUT2D eigenvalue weighted by molar-refractivity contribution is 7.89. The molecule has 5 nitrogen and oxygen atoms in total. The number of carbonyl (C=O) groups excluding carboxylic acids is 1. The molecule has 2 heterocycles. The van der Waals surface area contributed by atoms with Crippen molar-refractivity contribution >= 4 is 15.9 Å². The third kappa shape index (κ3) is 2.95. The Morgan fingerprint density at radius 1 is 1.16 bits per heavy atom. The second-order valence-corrected chi connectivity index (χ2v) is 8.51. The Bertz CT molecular complexity index is 782. The predicted octanol–water partition coefficient (Wildman–Crippen LogP) is 2.52. The van der Waals surface area contributed by atoms with E-state index < -0.39 is 32.1 Å². The van der Waals surface area contributed by atoms with E-state index >= 15 is 0 Å². The fourth-order valence-corrected chi connectivity index (χ4v) is 5.89. The van der Waals surface area contributed by atoms with Gasteiger partial charge in [-0.25, -0.2) is 17.2 Å². The number of benzene rings is 1. The fraction of sp³-hybridized carbons (Fsp3) is 0.588. The van der Waals surface area contributed by atoms with E-state index in [1.54, 1.807) is 4.90 Å². The summed E-state index contributed by atoms with van der Waals surface area (Å²) >= 11 is 0. The molecule has 0 saturated carbocycles. The molecule has 2 fully saturated rings. The number of likely N-dealkylation sites (tertiary alicyclic amines) is 1. The van der Waals surface area contributed by atoms with Crippen molar-refractivity contribution in [3.8, 4) is 0 Å². The molecular formula is C17H22F2N2O3S. The normalized spacial score (nSPS) is 25.1. The maximum atomic E-state index is 14.1. The van der Waals surface area contributed by atoms with Crippen molar-refractivity contribution in [1.29, 1.82) is 0 Å². The van der Waals surface area contributed by atoms with Crippen molar-refractivity contribution in [2.24, 2.45) is 0 Å². The lowest BCUT2D eigenvalue weighted by atomic mass is 9.86. The number of hydrogen-bond acceptors (Lipinski definition) is 3. The quantitative estimate of drug-likeness (QED) is 0.816. The molecule has 8 heteroatoms. The zero-order chi connectivity index (χ0) is 18.2. The lowest BCUT2D eigenvalue weighted by Crippen LogP contribution is -2.61. The average Bonchev–Trinajstić information content (AvgIpc) is 2.97. The number of amides is 1. The molecule has 1 amide bonds.